The van der Waals surface area contributed by atoms with Crippen LogP contribution in [0.4, 0.5) is 0 Å². The Morgan fingerprint density at radius 3 is 2.75 bits per heavy atom. The zero-order valence-corrected chi connectivity index (χ0v) is 10.2. The standard InChI is InChI=1S/C10H11BrN2O3/c1-6(10(15)16)4-13-9(14)7-2-3-8(11)12-5-7/h2-3,5-6H,4H2,1H3,(H,13,14)(H,15,16). The van der Waals surface area contributed by atoms with Gasteiger partial charge in [0.25, 0.3) is 5.91 Å². The molecule has 5 nitrogen and oxygen atoms in total. The Kier molecular flexibility index (Phi) is 4.42. The Morgan fingerprint density at radius 1 is 1.56 bits per heavy atom. The highest BCUT2D eigenvalue weighted by atomic mass is 79.9. The van der Waals surface area contributed by atoms with Crippen molar-refractivity contribution >= 4 is 27.8 Å². The molecule has 0 aliphatic heterocycles. The summed E-state index contributed by atoms with van der Waals surface area (Å²) in [6.45, 7) is 1.63. The number of hydrogen-bond acceptors (Lipinski definition) is 3. The van der Waals surface area contributed by atoms with E-state index in [0.717, 1.165) is 0 Å². The van der Waals surface area contributed by atoms with E-state index in [1.165, 1.54) is 13.1 Å². The summed E-state index contributed by atoms with van der Waals surface area (Å²) in [5, 5.41) is 11.2. The summed E-state index contributed by atoms with van der Waals surface area (Å²) in [5.41, 5.74) is 0.404. The number of aromatic nitrogens is 1. The van der Waals surface area contributed by atoms with Crippen molar-refractivity contribution in [3.63, 3.8) is 0 Å². The van der Waals surface area contributed by atoms with E-state index >= 15 is 0 Å². The van der Waals surface area contributed by atoms with Crippen molar-refractivity contribution in [3.05, 3.63) is 28.5 Å². The fourth-order valence-corrected chi connectivity index (χ4v) is 1.18. The van der Waals surface area contributed by atoms with Crippen LogP contribution in [0, 0.1) is 5.92 Å². The van der Waals surface area contributed by atoms with E-state index in [-0.39, 0.29) is 12.5 Å². The maximum Gasteiger partial charge on any atom is 0.308 e. The van der Waals surface area contributed by atoms with Crippen LogP contribution in [0.2, 0.25) is 0 Å². The van der Waals surface area contributed by atoms with Gasteiger partial charge in [-0.15, -0.1) is 0 Å². The summed E-state index contributed by atoms with van der Waals surface area (Å²) >= 11 is 3.16. The molecule has 0 fully saturated rings. The van der Waals surface area contributed by atoms with Crippen LogP contribution >= 0.6 is 15.9 Å². The summed E-state index contributed by atoms with van der Waals surface area (Å²) in [5.74, 6) is -1.87. The van der Waals surface area contributed by atoms with Gasteiger partial charge in [-0.05, 0) is 28.1 Å². The fourth-order valence-electron chi connectivity index (χ4n) is 0.945. The zero-order valence-electron chi connectivity index (χ0n) is 8.61. The minimum Gasteiger partial charge on any atom is -0.481 e. The smallest absolute Gasteiger partial charge is 0.308 e. The van der Waals surface area contributed by atoms with Gasteiger partial charge < -0.3 is 10.4 Å². The largest absolute Gasteiger partial charge is 0.481 e. The highest BCUT2D eigenvalue weighted by molar-refractivity contribution is 9.10. The number of rotatable bonds is 4. The predicted molar refractivity (Wildman–Crippen MR) is 61.1 cm³/mol. The first-order chi connectivity index (χ1) is 7.50. The van der Waals surface area contributed by atoms with Crippen LogP contribution in [0.15, 0.2) is 22.9 Å². The van der Waals surface area contributed by atoms with Crippen molar-refractivity contribution in [2.24, 2.45) is 5.92 Å². The SMILES string of the molecule is CC(CNC(=O)c1ccc(Br)nc1)C(=O)O. The van der Waals surface area contributed by atoms with E-state index < -0.39 is 11.9 Å². The molecule has 1 rings (SSSR count). The lowest BCUT2D eigenvalue weighted by atomic mass is 10.2. The van der Waals surface area contributed by atoms with Gasteiger partial charge in [-0.2, -0.15) is 0 Å². The summed E-state index contributed by atoms with van der Waals surface area (Å²) in [6.07, 6.45) is 1.42. The number of hydrogen-bond donors (Lipinski definition) is 2. The monoisotopic (exact) mass is 286 g/mol. The number of carboxylic acids is 1. The number of nitrogens with one attached hydrogen (secondary N) is 1. The third kappa shape index (κ3) is 3.62. The Bertz CT molecular complexity index is 392. The molecule has 0 aliphatic carbocycles. The van der Waals surface area contributed by atoms with Crippen molar-refractivity contribution in [3.8, 4) is 0 Å². The van der Waals surface area contributed by atoms with Crippen molar-refractivity contribution < 1.29 is 14.7 Å². The third-order valence-corrected chi connectivity index (χ3v) is 2.45. The first kappa shape index (κ1) is 12.6. The summed E-state index contributed by atoms with van der Waals surface area (Å²) < 4.78 is 0.642. The van der Waals surface area contributed by atoms with Crippen molar-refractivity contribution in [2.75, 3.05) is 6.54 Å². The van der Waals surface area contributed by atoms with Gasteiger partial charge in [-0.3, -0.25) is 9.59 Å². The average molecular weight is 287 g/mol. The number of aliphatic carboxylic acids is 1. The minimum atomic E-state index is -0.936. The Hall–Kier alpha value is -1.43. The second-order valence-electron chi connectivity index (χ2n) is 3.32. The molecule has 1 amide bonds. The van der Waals surface area contributed by atoms with Crippen LogP contribution in [0.1, 0.15) is 17.3 Å². The Balaban J connectivity index is 2.53. The molecular formula is C10H11BrN2O3. The molecule has 1 atom stereocenters. The van der Waals surface area contributed by atoms with Gasteiger partial charge in [-0.1, -0.05) is 6.92 Å². The van der Waals surface area contributed by atoms with Gasteiger partial charge in [-0.25, -0.2) is 4.98 Å². The number of carboxylic acid groups (broad SMARTS) is 1. The Morgan fingerprint density at radius 2 is 2.25 bits per heavy atom. The van der Waals surface area contributed by atoms with Crippen molar-refractivity contribution in [1.29, 1.82) is 0 Å². The molecule has 0 aliphatic rings. The molecule has 0 saturated heterocycles. The topological polar surface area (TPSA) is 79.3 Å². The van der Waals surface area contributed by atoms with E-state index in [2.05, 4.69) is 26.2 Å². The van der Waals surface area contributed by atoms with Crippen molar-refractivity contribution in [2.45, 2.75) is 6.92 Å². The quantitative estimate of drug-likeness (QED) is 0.818. The number of nitrogens with zero attached hydrogens (tertiary/aromatic N) is 1. The average Bonchev–Trinajstić information content (AvgIpc) is 2.26. The summed E-state index contributed by atoms with van der Waals surface area (Å²) in [4.78, 5) is 25.9. The highest BCUT2D eigenvalue weighted by Crippen LogP contribution is 2.06. The van der Waals surface area contributed by atoms with E-state index in [4.69, 9.17) is 5.11 Å². The van der Waals surface area contributed by atoms with Gasteiger partial charge in [0.05, 0.1) is 11.5 Å². The highest BCUT2D eigenvalue weighted by Gasteiger charge is 2.13. The molecule has 2 N–H and O–H groups in total. The molecule has 0 aromatic carbocycles. The van der Waals surface area contributed by atoms with Crippen LogP contribution in [0.5, 0.6) is 0 Å². The zero-order chi connectivity index (χ0) is 12.1. The first-order valence-electron chi connectivity index (χ1n) is 4.63. The minimum absolute atomic E-state index is 0.101. The number of halogens is 1. The lowest BCUT2D eigenvalue weighted by Gasteiger charge is -2.07. The molecule has 0 spiro atoms. The molecule has 86 valence electrons. The van der Waals surface area contributed by atoms with Crippen LogP contribution in [0.25, 0.3) is 0 Å². The van der Waals surface area contributed by atoms with Gasteiger partial charge in [0.2, 0.25) is 0 Å². The van der Waals surface area contributed by atoms with Gasteiger partial charge in [0, 0.05) is 12.7 Å². The molecule has 1 aromatic rings. The van der Waals surface area contributed by atoms with Crippen LogP contribution in [-0.2, 0) is 4.79 Å². The normalized spacial score (nSPS) is 11.9. The fraction of sp³-hybridized carbons (Fsp3) is 0.300. The lowest BCUT2D eigenvalue weighted by molar-refractivity contribution is -0.140. The van der Waals surface area contributed by atoms with Crippen molar-refractivity contribution in [1.82, 2.24) is 10.3 Å². The number of carbonyl (C=O) groups is 2. The van der Waals surface area contributed by atoms with Gasteiger partial charge in [0.15, 0.2) is 0 Å². The van der Waals surface area contributed by atoms with Crippen LogP contribution in [0.3, 0.4) is 0 Å². The first-order valence-corrected chi connectivity index (χ1v) is 5.42. The van der Waals surface area contributed by atoms with Gasteiger partial charge in [0.1, 0.15) is 4.60 Å². The maximum atomic E-state index is 11.5. The number of pyridine rings is 1. The second-order valence-corrected chi connectivity index (χ2v) is 4.13. The van der Waals surface area contributed by atoms with E-state index in [0.29, 0.717) is 10.2 Å². The van der Waals surface area contributed by atoms with Crippen LogP contribution in [-0.4, -0.2) is 28.5 Å². The molecule has 1 unspecified atom stereocenters. The third-order valence-electron chi connectivity index (χ3n) is 1.98. The van der Waals surface area contributed by atoms with Crippen LogP contribution < -0.4 is 5.32 Å². The molecule has 0 radical (unpaired) electrons. The summed E-state index contributed by atoms with van der Waals surface area (Å²) in [6, 6.07) is 3.26. The number of amides is 1. The molecular weight excluding hydrogens is 276 g/mol. The second kappa shape index (κ2) is 5.60. The molecule has 6 heteroatoms. The molecule has 0 bridgehead atoms. The predicted octanol–water partition coefficient (Wildman–Crippen LogP) is 1.29. The van der Waals surface area contributed by atoms with E-state index in [9.17, 15) is 9.59 Å². The maximum absolute atomic E-state index is 11.5. The van der Waals surface area contributed by atoms with E-state index in [1.54, 1.807) is 12.1 Å². The summed E-state index contributed by atoms with van der Waals surface area (Å²) in [7, 11) is 0. The van der Waals surface area contributed by atoms with Gasteiger partial charge >= 0.3 is 5.97 Å². The molecule has 1 aromatic heterocycles. The van der Waals surface area contributed by atoms with E-state index in [1.807, 2.05) is 0 Å². The molecule has 16 heavy (non-hydrogen) atoms. The number of carbonyl (C=O) groups excluding carboxylic acids is 1. The molecule has 0 saturated carbocycles. The lowest BCUT2D eigenvalue weighted by Crippen LogP contribution is -2.31. The molecule has 1 heterocycles. The Labute approximate surface area is 101 Å².